The van der Waals surface area contributed by atoms with E-state index in [2.05, 4.69) is 10.2 Å². The maximum Gasteiger partial charge on any atom is 0.239 e. The Morgan fingerprint density at radius 1 is 1.08 bits per heavy atom. The summed E-state index contributed by atoms with van der Waals surface area (Å²) in [6.07, 6.45) is 4.77. The van der Waals surface area contributed by atoms with Crippen LogP contribution in [0, 0.1) is 5.92 Å². The molecule has 0 bridgehead atoms. The van der Waals surface area contributed by atoms with Crippen molar-refractivity contribution in [2.75, 3.05) is 52.9 Å². The van der Waals surface area contributed by atoms with E-state index in [-0.39, 0.29) is 24.3 Å². The van der Waals surface area contributed by atoms with Gasteiger partial charge in [-0.3, -0.25) is 19.3 Å². The number of carbonyl (C=O) groups excluding carboxylic acids is 3. The van der Waals surface area contributed by atoms with E-state index in [1.54, 1.807) is 7.05 Å². The average molecular weight is 352 g/mol. The van der Waals surface area contributed by atoms with Crippen LogP contribution in [-0.2, 0) is 14.4 Å². The Kier molecular flexibility index (Phi) is 7.68. The number of piperidine rings is 1. The lowest BCUT2D eigenvalue weighted by molar-refractivity contribution is -0.137. The van der Waals surface area contributed by atoms with Gasteiger partial charge in [0.25, 0.3) is 0 Å². The Labute approximate surface area is 150 Å². The number of rotatable bonds is 7. The van der Waals surface area contributed by atoms with Crippen LogP contribution in [0.1, 0.15) is 39.0 Å². The summed E-state index contributed by atoms with van der Waals surface area (Å²) in [6, 6.07) is 0. The van der Waals surface area contributed by atoms with Crippen LogP contribution in [0.3, 0.4) is 0 Å². The summed E-state index contributed by atoms with van der Waals surface area (Å²) in [7, 11) is 1.66. The smallest absolute Gasteiger partial charge is 0.239 e. The van der Waals surface area contributed by atoms with Gasteiger partial charge in [0.1, 0.15) is 0 Å². The van der Waals surface area contributed by atoms with Gasteiger partial charge in [0.15, 0.2) is 0 Å². The predicted molar refractivity (Wildman–Crippen MR) is 95.9 cm³/mol. The average Bonchev–Trinajstić information content (AvgIpc) is 3.14. The molecule has 2 fully saturated rings. The Hall–Kier alpha value is -1.63. The van der Waals surface area contributed by atoms with Gasteiger partial charge < -0.3 is 15.1 Å². The molecule has 7 heteroatoms. The van der Waals surface area contributed by atoms with Crippen molar-refractivity contribution < 1.29 is 14.4 Å². The number of carbonyl (C=O) groups is 3. The van der Waals surface area contributed by atoms with Crippen molar-refractivity contribution in [1.82, 2.24) is 20.0 Å². The van der Waals surface area contributed by atoms with Crippen LogP contribution in [0.15, 0.2) is 0 Å². The Morgan fingerprint density at radius 3 is 2.32 bits per heavy atom. The Balaban J connectivity index is 1.69. The van der Waals surface area contributed by atoms with Crippen LogP contribution in [0.2, 0.25) is 0 Å². The highest BCUT2D eigenvalue weighted by Crippen LogP contribution is 2.21. The fourth-order valence-electron chi connectivity index (χ4n) is 3.47. The summed E-state index contributed by atoms with van der Waals surface area (Å²) in [5.74, 6) is 0.249. The molecule has 2 aliphatic heterocycles. The van der Waals surface area contributed by atoms with Crippen molar-refractivity contribution in [3.8, 4) is 0 Å². The number of hydrogen-bond acceptors (Lipinski definition) is 4. The zero-order chi connectivity index (χ0) is 18.2. The first kappa shape index (κ1) is 19.7. The lowest BCUT2D eigenvalue weighted by Crippen LogP contribution is -2.47. The number of hydrogen-bond donors (Lipinski definition) is 1. The van der Waals surface area contributed by atoms with Crippen LogP contribution in [0.5, 0.6) is 0 Å². The maximum atomic E-state index is 12.4. The lowest BCUT2D eigenvalue weighted by atomic mass is 9.95. The molecule has 1 N–H and O–H groups in total. The Bertz CT molecular complexity index is 469. The highest BCUT2D eigenvalue weighted by atomic mass is 16.2. The third-order valence-corrected chi connectivity index (χ3v) is 5.09. The number of nitrogens with one attached hydrogen (secondary N) is 1. The van der Waals surface area contributed by atoms with E-state index >= 15 is 0 Å². The van der Waals surface area contributed by atoms with Crippen molar-refractivity contribution in [2.24, 2.45) is 5.92 Å². The van der Waals surface area contributed by atoms with Crippen molar-refractivity contribution >= 4 is 17.7 Å². The molecule has 2 aliphatic rings. The molecule has 2 rings (SSSR count). The first-order valence-corrected chi connectivity index (χ1v) is 9.53. The molecule has 0 aromatic heterocycles. The number of likely N-dealkylation sites (N-methyl/N-ethyl adjacent to an activating group) is 1. The summed E-state index contributed by atoms with van der Waals surface area (Å²) in [6.45, 7) is 6.40. The molecular weight excluding hydrogens is 320 g/mol. The minimum absolute atomic E-state index is 0.0454. The van der Waals surface area contributed by atoms with E-state index in [1.165, 1.54) is 4.90 Å². The van der Waals surface area contributed by atoms with E-state index < -0.39 is 0 Å². The van der Waals surface area contributed by atoms with Gasteiger partial charge in [0, 0.05) is 32.6 Å². The maximum absolute atomic E-state index is 12.4. The number of nitrogens with zero attached hydrogens (tertiary/aromatic N) is 3. The monoisotopic (exact) mass is 352 g/mol. The standard InChI is InChI=1S/C18H32N4O3/c1-3-8-19-16(23)13-20(2)17(24)14-21-11-6-15(7-12-21)18(25)22-9-4-5-10-22/h15H,3-14H2,1-2H3,(H,19,23). The summed E-state index contributed by atoms with van der Waals surface area (Å²) in [5.41, 5.74) is 0. The molecule has 3 amide bonds. The van der Waals surface area contributed by atoms with E-state index in [0.29, 0.717) is 19.0 Å². The van der Waals surface area contributed by atoms with Gasteiger partial charge in [-0.1, -0.05) is 6.92 Å². The second-order valence-corrected chi connectivity index (χ2v) is 7.18. The second kappa shape index (κ2) is 9.75. The molecule has 7 nitrogen and oxygen atoms in total. The molecular formula is C18H32N4O3. The molecule has 2 saturated heterocycles. The van der Waals surface area contributed by atoms with Gasteiger partial charge in [0.2, 0.25) is 17.7 Å². The quantitative estimate of drug-likeness (QED) is 0.716. The van der Waals surface area contributed by atoms with E-state index in [0.717, 1.165) is 58.3 Å². The van der Waals surface area contributed by atoms with Crippen LogP contribution in [-0.4, -0.2) is 85.3 Å². The predicted octanol–water partition coefficient (Wildman–Crippen LogP) is 0.305. The first-order chi connectivity index (χ1) is 12.0. The van der Waals surface area contributed by atoms with Gasteiger partial charge >= 0.3 is 0 Å². The molecule has 0 aromatic carbocycles. The van der Waals surface area contributed by atoms with Crippen molar-refractivity contribution in [3.63, 3.8) is 0 Å². The number of amides is 3. The third kappa shape index (κ3) is 5.99. The molecule has 0 saturated carbocycles. The zero-order valence-corrected chi connectivity index (χ0v) is 15.6. The summed E-state index contributed by atoms with van der Waals surface area (Å²) in [4.78, 5) is 42.0. The van der Waals surface area contributed by atoms with Crippen LogP contribution in [0.25, 0.3) is 0 Å². The van der Waals surface area contributed by atoms with Crippen molar-refractivity contribution in [2.45, 2.75) is 39.0 Å². The fourth-order valence-corrected chi connectivity index (χ4v) is 3.47. The van der Waals surface area contributed by atoms with Gasteiger partial charge in [0.05, 0.1) is 13.1 Å². The molecule has 25 heavy (non-hydrogen) atoms. The van der Waals surface area contributed by atoms with E-state index in [4.69, 9.17) is 0 Å². The molecule has 0 atom stereocenters. The summed E-state index contributed by atoms with van der Waals surface area (Å²) in [5, 5.41) is 2.78. The van der Waals surface area contributed by atoms with Crippen molar-refractivity contribution in [3.05, 3.63) is 0 Å². The summed E-state index contributed by atoms with van der Waals surface area (Å²) >= 11 is 0. The van der Waals surface area contributed by atoms with Crippen LogP contribution >= 0.6 is 0 Å². The van der Waals surface area contributed by atoms with Gasteiger partial charge in [-0.15, -0.1) is 0 Å². The second-order valence-electron chi connectivity index (χ2n) is 7.18. The summed E-state index contributed by atoms with van der Waals surface area (Å²) < 4.78 is 0. The zero-order valence-electron chi connectivity index (χ0n) is 15.6. The Morgan fingerprint density at radius 2 is 1.72 bits per heavy atom. The van der Waals surface area contributed by atoms with E-state index in [1.807, 2.05) is 11.8 Å². The normalized spacial score (nSPS) is 19.0. The van der Waals surface area contributed by atoms with Gasteiger partial charge in [-0.05, 0) is 45.2 Å². The van der Waals surface area contributed by atoms with Crippen LogP contribution in [0.4, 0.5) is 0 Å². The van der Waals surface area contributed by atoms with Gasteiger partial charge in [-0.25, -0.2) is 0 Å². The molecule has 0 spiro atoms. The number of likely N-dealkylation sites (tertiary alicyclic amines) is 2. The minimum Gasteiger partial charge on any atom is -0.355 e. The molecule has 0 aliphatic carbocycles. The fraction of sp³-hybridized carbons (Fsp3) is 0.833. The lowest BCUT2D eigenvalue weighted by Gasteiger charge is -2.33. The minimum atomic E-state index is -0.118. The molecule has 0 aromatic rings. The van der Waals surface area contributed by atoms with Crippen LogP contribution < -0.4 is 5.32 Å². The van der Waals surface area contributed by atoms with Crippen molar-refractivity contribution in [1.29, 1.82) is 0 Å². The molecule has 142 valence electrons. The highest BCUT2D eigenvalue weighted by molar-refractivity contribution is 5.85. The first-order valence-electron chi connectivity index (χ1n) is 9.53. The highest BCUT2D eigenvalue weighted by Gasteiger charge is 2.30. The molecule has 2 heterocycles. The van der Waals surface area contributed by atoms with Gasteiger partial charge in [-0.2, -0.15) is 0 Å². The molecule has 0 radical (unpaired) electrons. The van der Waals surface area contributed by atoms with E-state index in [9.17, 15) is 14.4 Å². The third-order valence-electron chi connectivity index (χ3n) is 5.09. The molecule has 0 unspecified atom stereocenters. The topological polar surface area (TPSA) is 73.0 Å². The largest absolute Gasteiger partial charge is 0.355 e. The SMILES string of the molecule is CCCNC(=O)CN(C)C(=O)CN1CCC(C(=O)N2CCCC2)CC1.